The highest BCUT2D eigenvalue weighted by Gasteiger charge is 2.28. The monoisotopic (exact) mass is 340 g/mol. The zero-order chi connectivity index (χ0) is 16.8. The molecule has 1 atom stereocenters. The lowest BCUT2D eigenvalue weighted by atomic mass is 9.98. The van der Waals surface area contributed by atoms with Crippen molar-refractivity contribution in [1.29, 1.82) is 0 Å². The molecule has 1 aromatic carbocycles. The molecular weight excluding hydrogens is 320 g/mol. The molecule has 0 spiro atoms. The number of anilines is 1. The molecule has 0 fully saturated rings. The fraction of sp³-hybridized carbons (Fsp3) is 0.316. The molecule has 0 radical (unpaired) electrons. The summed E-state index contributed by atoms with van der Waals surface area (Å²) in [4.78, 5) is 16.7. The Balaban J connectivity index is 1.82. The van der Waals surface area contributed by atoms with Gasteiger partial charge in [-0.15, -0.1) is 0 Å². The number of aromatic amines is 1. The normalized spacial score (nSPS) is 19.1. The molecule has 1 aromatic heterocycles. The molecule has 0 saturated heterocycles. The van der Waals surface area contributed by atoms with Crippen LogP contribution < -0.4 is 5.32 Å². The molecule has 24 heavy (non-hydrogen) atoms. The van der Waals surface area contributed by atoms with Crippen molar-refractivity contribution in [3.05, 3.63) is 46.3 Å². The molecule has 1 amide bonds. The van der Waals surface area contributed by atoms with Crippen LogP contribution >= 0.6 is 0 Å². The maximum atomic E-state index is 12.4. The molecule has 4 nitrogen and oxygen atoms in total. The van der Waals surface area contributed by atoms with Crippen molar-refractivity contribution < 1.29 is 9.00 Å². The molecule has 2 aliphatic rings. The van der Waals surface area contributed by atoms with Crippen LogP contribution in [0.3, 0.4) is 0 Å². The van der Waals surface area contributed by atoms with E-state index < -0.39 is 10.8 Å². The van der Waals surface area contributed by atoms with Crippen LogP contribution in [0.4, 0.5) is 5.69 Å². The highest BCUT2D eigenvalue weighted by atomic mass is 32.2. The van der Waals surface area contributed by atoms with Gasteiger partial charge in [-0.2, -0.15) is 0 Å². The van der Waals surface area contributed by atoms with E-state index in [0.29, 0.717) is 5.57 Å². The lowest BCUT2D eigenvalue weighted by Gasteiger charge is -2.09. The summed E-state index contributed by atoms with van der Waals surface area (Å²) >= 11 is 0. The first-order valence-electron chi connectivity index (χ1n) is 8.26. The summed E-state index contributed by atoms with van der Waals surface area (Å²) in [5.74, 6) is -0.0975. The molecule has 2 N–H and O–H groups in total. The summed E-state index contributed by atoms with van der Waals surface area (Å²) < 4.78 is 11.9. The molecule has 124 valence electrons. The van der Waals surface area contributed by atoms with Gasteiger partial charge < -0.3 is 10.3 Å². The van der Waals surface area contributed by atoms with Crippen LogP contribution in [-0.4, -0.2) is 21.4 Å². The van der Waals surface area contributed by atoms with Gasteiger partial charge in [-0.25, -0.2) is 0 Å². The molecule has 2 aromatic rings. The highest BCUT2D eigenvalue weighted by molar-refractivity contribution is 7.84. The van der Waals surface area contributed by atoms with E-state index in [0.717, 1.165) is 40.2 Å². The number of rotatable bonds is 2. The number of nitrogens with one attached hydrogen (secondary N) is 2. The minimum atomic E-state index is -1.07. The second-order valence-corrected chi connectivity index (χ2v) is 7.86. The smallest absolute Gasteiger partial charge is 0.256 e. The van der Waals surface area contributed by atoms with E-state index in [1.54, 1.807) is 6.26 Å². The zero-order valence-electron chi connectivity index (χ0n) is 13.9. The number of carbonyl (C=O) groups is 1. The van der Waals surface area contributed by atoms with Gasteiger partial charge in [-0.05, 0) is 68.0 Å². The van der Waals surface area contributed by atoms with Crippen molar-refractivity contribution in [2.75, 3.05) is 11.6 Å². The first kappa shape index (κ1) is 15.4. The Kier molecular flexibility index (Phi) is 3.68. The third kappa shape index (κ3) is 2.44. The van der Waals surface area contributed by atoms with E-state index in [1.807, 2.05) is 25.1 Å². The van der Waals surface area contributed by atoms with Gasteiger partial charge in [0.2, 0.25) is 0 Å². The third-order valence-corrected chi connectivity index (χ3v) is 5.98. The SMILES string of the molecule is Cc1c(S(C)=O)ccc2c1C(=Cc1cc3c([nH]1)CCCC3)C(=O)N2. The van der Waals surface area contributed by atoms with Crippen molar-refractivity contribution in [2.24, 2.45) is 0 Å². The van der Waals surface area contributed by atoms with Crippen molar-refractivity contribution in [3.8, 4) is 0 Å². The van der Waals surface area contributed by atoms with Gasteiger partial charge in [0.25, 0.3) is 5.91 Å². The van der Waals surface area contributed by atoms with Gasteiger partial charge in [0.05, 0.1) is 16.4 Å². The average molecular weight is 340 g/mol. The standard InChI is InChI=1S/C19H20N2O2S/c1-11-17(24(2)23)8-7-16-18(11)14(19(22)21-16)10-13-9-12-5-3-4-6-15(12)20-13/h7-10,20H,3-6H2,1-2H3,(H,21,22). The Morgan fingerprint density at radius 2 is 2.00 bits per heavy atom. The largest absolute Gasteiger partial charge is 0.359 e. The number of benzene rings is 1. The van der Waals surface area contributed by atoms with Crippen LogP contribution in [0.5, 0.6) is 0 Å². The van der Waals surface area contributed by atoms with Crippen LogP contribution in [0.1, 0.15) is 40.9 Å². The van der Waals surface area contributed by atoms with Gasteiger partial charge in [0.15, 0.2) is 0 Å². The van der Waals surface area contributed by atoms with Crippen LogP contribution in [0.2, 0.25) is 0 Å². The minimum absolute atomic E-state index is 0.0975. The van der Waals surface area contributed by atoms with Crippen molar-refractivity contribution >= 4 is 34.0 Å². The van der Waals surface area contributed by atoms with E-state index in [1.165, 1.54) is 24.1 Å². The summed E-state index contributed by atoms with van der Waals surface area (Å²) in [7, 11) is -1.07. The zero-order valence-corrected chi connectivity index (χ0v) is 14.7. The van der Waals surface area contributed by atoms with Crippen molar-refractivity contribution in [3.63, 3.8) is 0 Å². The fourth-order valence-electron chi connectivity index (χ4n) is 3.76. The fourth-order valence-corrected chi connectivity index (χ4v) is 4.55. The molecule has 0 saturated carbocycles. The van der Waals surface area contributed by atoms with Crippen LogP contribution in [-0.2, 0) is 28.4 Å². The number of carbonyl (C=O) groups excluding carboxylic acids is 1. The Hall–Kier alpha value is -2.14. The molecule has 5 heteroatoms. The Labute approximate surface area is 143 Å². The van der Waals surface area contributed by atoms with Crippen LogP contribution in [0.15, 0.2) is 23.1 Å². The number of aromatic nitrogens is 1. The van der Waals surface area contributed by atoms with Crippen molar-refractivity contribution in [1.82, 2.24) is 4.98 Å². The number of aryl methyl sites for hydroxylation is 2. The maximum absolute atomic E-state index is 12.4. The van der Waals surface area contributed by atoms with Gasteiger partial charge in [0, 0.05) is 33.8 Å². The highest BCUT2D eigenvalue weighted by Crippen LogP contribution is 2.38. The topological polar surface area (TPSA) is 62.0 Å². The molecule has 2 heterocycles. The summed E-state index contributed by atoms with van der Waals surface area (Å²) in [6.07, 6.45) is 8.23. The molecule has 1 aliphatic heterocycles. The minimum Gasteiger partial charge on any atom is -0.359 e. The van der Waals surface area contributed by atoms with E-state index in [4.69, 9.17) is 0 Å². The molecule has 4 rings (SSSR count). The summed E-state index contributed by atoms with van der Waals surface area (Å²) in [6.45, 7) is 1.93. The van der Waals surface area contributed by atoms with Crippen LogP contribution in [0.25, 0.3) is 11.6 Å². The summed E-state index contributed by atoms with van der Waals surface area (Å²) in [5, 5.41) is 2.92. The Morgan fingerprint density at radius 3 is 2.75 bits per heavy atom. The predicted octanol–water partition coefficient (Wildman–Crippen LogP) is 3.43. The van der Waals surface area contributed by atoms with E-state index in [-0.39, 0.29) is 5.91 Å². The Morgan fingerprint density at radius 1 is 1.21 bits per heavy atom. The molecule has 1 aliphatic carbocycles. The molecule has 1 unspecified atom stereocenters. The number of hydrogen-bond donors (Lipinski definition) is 2. The van der Waals surface area contributed by atoms with Gasteiger partial charge >= 0.3 is 0 Å². The number of hydrogen-bond acceptors (Lipinski definition) is 2. The lowest BCUT2D eigenvalue weighted by Crippen LogP contribution is -2.03. The van der Waals surface area contributed by atoms with Gasteiger partial charge in [-0.3, -0.25) is 9.00 Å². The van der Waals surface area contributed by atoms with E-state index >= 15 is 0 Å². The quantitative estimate of drug-likeness (QED) is 0.823. The van der Waals surface area contributed by atoms with Gasteiger partial charge in [-0.1, -0.05) is 0 Å². The molecular formula is C19H20N2O2S. The number of amides is 1. The predicted molar refractivity (Wildman–Crippen MR) is 97.4 cm³/mol. The number of fused-ring (bicyclic) bond motifs is 2. The van der Waals surface area contributed by atoms with E-state index in [2.05, 4.69) is 16.4 Å². The first-order chi connectivity index (χ1) is 11.5. The average Bonchev–Trinajstić information content (AvgIpc) is 3.09. The van der Waals surface area contributed by atoms with E-state index in [9.17, 15) is 9.00 Å². The third-order valence-electron chi connectivity index (χ3n) is 4.92. The summed E-state index contributed by atoms with van der Waals surface area (Å²) in [5.41, 5.74) is 6.87. The maximum Gasteiger partial charge on any atom is 0.256 e. The summed E-state index contributed by atoms with van der Waals surface area (Å²) in [6, 6.07) is 5.84. The first-order valence-corrected chi connectivity index (χ1v) is 9.81. The second kappa shape index (κ2) is 5.74. The Bertz CT molecular complexity index is 885. The second-order valence-electron chi connectivity index (χ2n) is 6.51. The molecule has 0 bridgehead atoms. The lowest BCUT2D eigenvalue weighted by molar-refractivity contribution is -0.110. The van der Waals surface area contributed by atoms with Crippen LogP contribution in [0, 0.1) is 6.92 Å². The van der Waals surface area contributed by atoms with Crippen molar-refractivity contribution in [2.45, 2.75) is 37.5 Å². The number of H-pyrrole nitrogens is 1. The van der Waals surface area contributed by atoms with Gasteiger partial charge in [0.1, 0.15) is 0 Å².